The van der Waals surface area contributed by atoms with Crippen LogP contribution in [0, 0.1) is 16.7 Å². The second-order valence-electron chi connectivity index (χ2n) is 8.27. The van der Waals surface area contributed by atoms with Crippen LogP contribution in [0.25, 0.3) is 0 Å². The number of hydrogen-bond donors (Lipinski definition) is 1. The van der Waals surface area contributed by atoms with E-state index in [-0.39, 0.29) is 6.04 Å². The summed E-state index contributed by atoms with van der Waals surface area (Å²) in [6.07, 6.45) is 6.38. The van der Waals surface area contributed by atoms with Crippen molar-refractivity contribution in [3.05, 3.63) is 0 Å². The third-order valence-electron chi connectivity index (χ3n) is 6.47. The van der Waals surface area contributed by atoms with Crippen molar-refractivity contribution < 1.29 is 4.79 Å². The molecule has 1 amide bonds. The summed E-state index contributed by atoms with van der Waals surface area (Å²) in [4.78, 5) is 14.6. The highest BCUT2D eigenvalue weighted by Gasteiger charge is 2.59. The number of fused-ring (bicyclic) bond motifs is 2. The van der Waals surface area contributed by atoms with E-state index < -0.39 is 0 Å². The van der Waals surface area contributed by atoms with Crippen LogP contribution >= 0.6 is 0 Å². The van der Waals surface area contributed by atoms with Crippen LogP contribution in [-0.4, -0.2) is 36.0 Å². The summed E-state index contributed by atoms with van der Waals surface area (Å²) >= 11 is 0. The lowest BCUT2D eigenvalue weighted by Crippen LogP contribution is -2.56. The summed E-state index contributed by atoms with van der Waals surface area (Å²) in [5, 5.41) is 3.73. The maximum absolute atomic E-state index is 12.5. The molecule has 3 aliphatic rings. The van der Waals surface area contributed by atoms with Crippen LogP contribution in [0.2, 0.25) is 0 Å². The number of nitrogens with zero attached hydrogens (tertiary/aromatic N) is 1. The first kappa shape index (κ1) is 14.4. The lowest BCUT2D eigenvalue weighted by Gasteiger charge is -2.44. The summed E-state index contributed by atoms with van der Waals surface area (Å²) < 4.78 is 0. The highest BCUT2D eigenvalue weighted by Crippen LogP contribution is 2.62. The van der Waals surface area contributed by atoms with Crippen LogP contribution in [0.3, 0.4) is 0 Å². The highest BCUT2D eigenvalue weighted by atomic mass is 16.2. The molecular formula is C17H30N2O. The molecule has 1 aliphatic heterocycles. The zero-order valence-electron chi connectivity index (χ0n) is 13.5. The fourth-order valence-corrected chi connectivity index (χ4v) is 5.25. The van der Waals surface area contributed by atoms with Gasteiger partial charge in [0.1, 0.15) is 0 Å². The van der Waals surface area contributed by atoms with E-state index in [1.165, 1.54) is 32.1 Å². The van der Waals surface area contributed by atoms with Crippen LogP contribution in [0.15, 0.2) is 0 Å². The lowest BCUT2D eigenvalue weighted by atomic mass is 9.68. The van der Waals surface area contributed by atoms with E-state index in [2.05, 4.69) is 33.0 Å². The Morgan fingerprint density at radius 3 is 2.45 bits per heavy atom. The smallest absolute Gasteiger partial charge is 0.239 e. The average Bonchev–Trinajstić information content (AvgIpc) is 3.06. The van der Waals surface area contributed by atoms with E-state index >= 15 is 0 Å². The van der Waals surface area contributed by atoms with E-state index in [1.54, 1.807) is 0 Å². The monoisotopic (exact) mass is 278 g/mol. The molecule has 114 valence electrons. The number of carbonyl (C=O) groups excluding carboxylic acids is 1. The molecule has 20 heavy (non-hydrogen) atoms. The van der Waals surface area contributed by atoms with Gasteiger partial charge in [-0.15, -0.1) is 0 Å². The Morgan fingerprint density at radius 2 is 1.90 bits per heavy atom. The zero-order chi connectivity index (χ0) is 14.5. The average molecular weight is 278 g/mol. The van der Waals surface area contributed by atoms with Gasteiger partial charge in [0.2, 0.25) is 5.91 Å². The summed E-state index contributed by atoms with van der Waals surface area (Å²) in [7, 11) is 0. The van der Waals surface area contributed by atoms with Crippen molar-refractivity contribution in [1.82, 2.24) is 10.2 Å². The molecule has 2 aliphatic carbocycles. The van der Waals surface area contributed by atoms with Gasteiger partial charge in [-0.2, -0.15) is 0 Å². The summed E-state index contributed by atoms with van der Waals surface area (Å²) in [6.45, 7) is 11.2. The van der Waals surface area contributed by atoms with E-state index in [0.29, 0.717) is 22.8 Å². The van der Waals surface area contributed by atoms with Crippen molar-refractivity contribution in [3.8, 4) is 0 Å². The molecule has 1 N–H and O–H groups in total. The molecule has 2 saturated carbocycles. The van der Waals surface area contributed by atoms with Crippen LogP contribution in [-0.2, 0) is 4.79 Å². The first-order valence-electron chi connectivity index (χ1n) is 8.39. The molecule has 1 heterocycles. The highest BCUT2D eigenvalue weighted by molar-refractivity contribution is 5.81. The van der Waals surface area contributed by atoms with Gasteiger partial charge in [0, 0.05) is 19.1 Å². The lowest BCUT2D eigenvalue weighted by molar-refractivity contribution is -0.132. The molecule has 2 unspecified atom stereocenters. The van der Waals surface area contributed by atoms with E-state index in [4.69, 9.17) is 0 Å². The number of amides is 1. The van der Waals surface area contributed by atoms with Gasteiger partial charge in [0.25, 0.3) is 0 Å². The summed E-state index contributed by atoms with van der Waals surface area (Å²) in [6, 6.07) is 0.448. The Morgan fingerprint density at radius 1 is 1.25 bits per heavy atom. The molecule has 2 bridgehead atoms. The predicted molar refractivity (Wildman–Crippen MR) is 81.4 cm³/mol. The SMILES string of the molecule is CC(NC1C(C)(C)[C@H]2CC[C@]1(C)C2)C(=O)N1CCCC1. The van der Waals surface area contributed by atoms with Crippen molar-refractivity contribution in [2.75, 3.05) is 13.1 Å². The van der Waals surface area contributed by atoms with Crippen LogP contribution in [0.4, 0.5) is 0 Å². The molecule has 3 nitrogen and oxygen atoms in total. The molecule has 0 spiro atoms. The number of carbonyl (C=O) groups is 1. The van der Waals surface area contributed by atoms with E-state index in [9.17, 15) is 4.79 Å². The summed E-state index contributed by atoms with van der Waals surface area (Å²) in [5.74, 6) is 1.14. The normalized spacial score (nSPS) is 40.3. The minimum Gasteiger partial charge on any atom is -0.341 e. The molecule has 0 aromatic rings. The van der Waals surface area contributed by atoms with Crippen LogP contribution < -0.4 is 5.32 Å². The van der Waals surface area contributed by atoms with Gasteiger partial charge in [-0.25, -0.2) is 0 Å². The number of hydrogen-bond acceptors (Lipinski definition) is 2. The molecule has 0 radical (unpaired) electrons. The molecule has 4 atom stereocenters. The molecule has 0 aromatic carbocycles. The predicted octanol–water partition coefficient (Wildman–Crippen LogP) is 2.80. The van der Waals surface area contributed by atoms with Crippen molar-refractivity contribution in [1.29, 1.82) is 0 Å². The Hall–Kier alpha value is -0.570. The number of likely N-dealkylation sites (tertiary alicyclic amines) is 1. The molecular weight excluding hydrogens is 248 g/mol. The minimum atomic E-state index is -0.0338. The van der Waals surface area contributed by atoms with Gasteiger partial charge in [-0.1, -0.05) is 20.8 Å². The first-order chi connectivity index (χ1) is 9.34. The maximum atomic E-state index is 12.5. The second-order valence-corrected chi connectivity index (χ2v) is 8.27. The first-order valence-corrected chi connectivity index (χ1v) is 8.39. The van der Waals surface area contributed by atoms with Gasteiger partial charge in [0.05, 0.1) is 6.04 Å². The largest absolute Gasteiger partial charge is 0.341 e. The Bertz CT molecular complexity index is 395. The van der Waals surface area contributed by atoms with Crippen LogP contribution in [0.5, 0.6) is 0 Å². The van der Waals surface area contributed by atoms with Gasteiger partial charge in [-0.3, -0.25) is 4.79 Å². The third kappa shape index (κ3) is 2.09. The zero-order valence-corrected chi connectivity index (χ0v) is 13.5. The van der Waals surface area contributed by atoms with Gasteiger partial charge < -0.3 is 10.2 Å². The fourth-order valence-electron chi connectivity index (χ4n) is 5.25. The van der Waals surface area contributed by atoms with Crippen molar-refractivity contribution >= 4 is 5.91 Å². The topological polar surface area (TPSA) is 32.3 Å². The third-order valence-corrected chi connectivity index (χ3v) is 6.47. The molecule has 3 heteroatoms. The van der Waals surface area contributed by atoms with Gasteiger partial charge >= 0.3 is 0 Å². The minimum absolute atomic E-state index is 0.0338. The second kappa shape index (κ2) is 4.72. The maximum Gasteiger partial charge on any atom is 0.239 e. The van der Waals surface area contributed by atoms with Gasteiger partial charge in [-0.05, 0) is 55.8 Å². The van der Waals surface area contributed by atoms with Crippen molar-refractivity contribution in [2.45, 2.75) is 71.9 Å². The quantitative estimate of drug-likeness (QED) is 0.861. The number of rotatable bonds is 3. The van der Waals surface area contributed by atoms with E-state index in [0.717, 1.165) is 19.0 Å². The standard InChI is InChI=1S/C17H30N2O/c1-12(14(20)19-9-5-6-10-19)18-15-16(2,3)13-7-8-17(15,4)11-13/h12-13,15,18H,5-11H2,1-4H3/t12?,13-,15?,17+/m0/s1. The molecule has 0 aromatic heterocycles. The Kier molecular flexibility index (Phi) is 3.39. The summed E-state index contributed by atoms with van der Waals surface area (Å²) in [5.41, 5.74) is 0.722. The van der Waals surface area contributed by atoms with Crippen molar-refractivity contribution in [3.63, 3.8) is 0 Å². The van der Waals surface area contributed by atoms with E-state index in [1.807, 2.05) is 4.90 Å². The Balaban J connectivity index is 1.69. The van der Waals surface area contributed by atoms with Crippen molar-refractivity contribution in [2.24, 2.45) is 16.7 Å². The number of nitrogens with one attached hydrogen (secondary N) is 1. The van der Waals surface area contributed by atoms with Gasteiger partial charge in [0.15, 0.2) is 0 Å². The molecule has 1 saturated heterocycles. The molecule has 3 fully saturated rings. The molecule has 3 rings (SSSR count). The fraction of sp³-hybridized carbons (Fsp3) is 0.941. The van der Waals surface area contributed by atoms with Crippen LogP contribution in [0.1, 0.15) is 59.8 Å². The Labute approximate surface area is 123 Å².